The predicted molar refractivity (Wildman–Crippen MR) is 122 cm³/mol. The first-order chi connectivity index (χ1) is 15.0. The number of rotatable bonds is 5. The zero-order chi connectivity index (χ0) is 21.8. The second kappa shape index (κ2) is 9.43. The van der Waals surface area contributed by atoms with Gasteiger partial charge in [-0.25, -0.2) is 4.98 Å². The van der Waals surface area contributed by atoms with Crippen LogP contribution in [0.1, 0.15) is 15.9 Å². The molecule has 1 aromatic heterocycles. The molecule has 0 unspecified atom stereocenters. The maximum Gasteiger partial charge on any atom is 0.264 e. The summed E-state index contributed by atoms with van der Waals surface area (Å²) >= 11 is 5.89. The Bertz CT molecular complexity index is 1100. The van der Waals surface area contributed by atoms with Crippen molar-refractivity contribution in [3.63, 3.8) is 0 Å². The van der Waals surface area contributed by atoms with Crippen LogP contribution in [0.4, 0.5) is 5.69 Å². The number of aromatic nitrogens is 2. The van der Waals surface area contributed by atoms with E-state index in [1.165, 1.54) is 11.8 Å². The molecule has 0 radical (unpaired) electrons. The fourth-order valence-electron chi connectivity index (χ4n) is 3.47. The van der Waals surface area contributed by atoms with Gasteiger partial charge in [-0.05, 0) is 49.0 Å². The van der Waals surface area contributed by atoms with Gasteiger partial charge in [0.05, 0.1) is 0 Å². The van der Waals surface area contributed by atoms with E-state index in [1.54, 1.807) is 24.3 Å². The quantitative estimate of drug-likeness (QED) is 0.641. The summed E-state index contributed by atoms with van der Waals surface area (Å²) in [5.41, 5.74) is 2.00. The first-order valence-corrected chi connectivity index (χ1v) is 10.5. The molecule has 3 aromatic rings. The predicted octanol–water partition coefficient (Wildman–Crippen LogP) is 3.09. The number of hydrogen-bond donors (Lipinski definition) is 2. The first-order valence-electron chi connectivity index (χ1n) is 10.1. The van der Waals surface area contributed by atoms with E-state index in [0.717, 1.165) is 32.7 Å². The molecule has 31 heavy (non-hydrogen) atoms. The molecule has 0 saturated carbocycles. The molecule has 1 aliphatic heterocycles. The Morgan fingerprint density at radius 3 is 2.39 bits per heavy atom. The molecule has 2 aromatic carbocycles. The molecule has 0 atom stereocenters. The number of likely N-dealkylation sites (N-methyl/N-ethyl adjacent to an activating group) is 1. The van der Waals surface area contributed by atoms with Crippen molar-refractivity contribution < 1.29 is 4.79 Å². The van der Waals surface area contributed by atoms with E-state index >= 15 is 0 Å². The highest BCUT2D eigenvalue weighted by Crippen LogP contribution is 2.17. The molecule has 0 bridgehead atoms. The number of anilines is 1. The molecule has 2 heterocycles. The van der Waals surface area contributed by atoms with Crippen LogP contribution in [0.3, 0.4) is 0 Å². The minimum absolute atomic E-state index is 0.0424. The van der Waals surface area contributed by atoms with Crippen molar-refractivity contribution in [1.29, 1.82) is 0 Å². The van der Waals surface area contributed by atoms with Crippen LogP contribution >= 0.6 is 11.6 Å². The van der Waals surface area contributed by atoms with E-state index in [2.05, 4.69) is 32.1 Å². The molecular weight excluding hydrogens is 414 g/mol. The largest absolute Gasteiger partial charge is 0.322 e. The van der Waals surface area contributed by atoms with Crippen molar-refractivity contribution in [3.8, 4) is 11.4 Å². The van der Waals surface area contributed by atoms with Crippen molar-refractivity contribution in [3.05, 3.63) is 81.2 Å². The van der Waals surface area contributed by atoms with Gasteiger partial charge in [-0.3, -0.25) is 14.5 Å². The van der Waals surface area contributed by atoms with E-state index in [0.29, 0.717) is 22.1 Å². The fourth-order valence-corrected chi connectivity index (χ4v) is 3.59. The molecule has 1 amide bonds. The Balaban J connectivity index is 1.39. The van der Waals surface area contributed by atoms with Crippen LogP contribution in [0.5, 0.6) is 0 Å². The maximum atomic E-state index is 12.6. The lowest BCUT2D eigenvalue weighted by Gasteiger charge is -2.32. The van der Waals surface area contributed by atoms with Crippen LogP contribution in [0.15, 0.2) is 59.5 Å². The molecule has 7 nitrogen and oxygen atoms in total. The lowest BCUT2D eigenvalue weighted by molar-refractivity contribution is 0.102. The van der Waals surface area contributed by atoms with Crippen LogP contribution < -0.4 is 10.9 Å². The van der Waals surface area contributed by atoms with Gasteiger partial charge in [0.2, 0.25) is 0 Å². The van der Waals surface area contributed by atoms with Gasteiger partial charge in [-0.1, -0.05) is 23.7 Å². The van der Waals surface area contributed by atoms with Crippen molar-refractivity contribution in [2.45, 2.75) is 6.54 Å². The summed E-state index contributed by atoms with van der Waals surface area (Å²) in [7, 11) is 2.14. The number of amides is 1. The number of carbonyl (C=O) groups excluding carboxylic acids is 1. The minimum Gasteiger partial charge on any atom is -0.322 e. The third-order valence-corrected chi connectivity index (χ3v) is 5.63. The number of nitrogens with one attached hydrogen (secondary N) is 2. The van der Waals surface area contributed by atoms with Crippen LogP contribution in [-0.2, 0) is 6.54 Å². The Morgan fingerprint density at radius 2 is 1.74 bits per heavy atom. The van der Waals surface area contributed by atoms with Crippen molar-refractivity contribution >= 4 is 23.2 Å². The normalized spacial score (nSPS) is 15.0. The number of benzene rings is 2. The minimum atomic E-state index is -0.497. The average Bonchev–Trinajstić information content (AvgIpc) is 2.77. The van der Waals surface area contributed by atoms with Crippen molar-refractivity contribution in [1.82, 2.24) is 19.8 Å². The van der Waals surface area contributed by atoms with E-state index in [4.69, 9.17) is 11.6 Å². The number of aromatic amines is 1. The first kappa shape index (κ1) is 21.2. The smallest absolute Gasteiger partial charge is 0.264 e. The molecule has 2 N–H and O–H groups in total. The van der Waals surface area contributed by atoms with Gasteiger partial charge in [0.15, 0.2) is 0 Å². The fraction of sp³-hybridized carbons (Fsp3) is 0.261. The van der Waals surface area contributed by atoms with Crippen molar-refractivity contribution in [2.75, 3.05) is 38.5 Å². The summed E-state index contributed by atoms with van der Waals surface area (Å²) < 4.78 is 0. The van der Waals surface area contributed by atoms with E-state index in [-0.39, 0.29) is 5.56 Å². The van der Waals surface area contributed by atoms with E-state index in [9.17, 15) is 9.59 Å². The van der Waals surface area contributed by atoms with E-state index < -0.39 is 11.5 Å². The highest BCUT2D eigenvalue weighted by molar-refractivity contribution is 6.30. The number of hydrogen-bond acceptors (Lipinski definition) is 5. The van der Waals surface area contributed by atoms with Gasteiger partial charge in [0.25, 0.3) is 11.5 Å². The molecule has 0 aliphatic carbocycles. The molecule has 8 heteroatoms. The van der Waals surface area contributed by atoms with Crippen LogP contribution in [-0.4, -0.2) is 58.9 Å². The van der Waals surface area contributed by atoms with Crippen LogP contribution in [0.2, 0.25) is 5.02 Å². The van der Waals surface area contributed by atoms with Crippen molar-refractivity contribution in [2.24, 2.45) is 0 Å². The Kier molecular flexibility index (Phi) is 6.46. The van der Waals surface area contributed by atoms with Gasteiger partial charge in [-0.15, -0.1) is 0 Å². The second-order valence-electron chi connectivity index (χ2n) is 7.71. The molecule has 1 fully saturated rings. The second-order valence-corrected chi connectivity index (χ2v) is 8.15. The Hall–Kier alpha value is -3.00. The monoisotopic (exact) mass is 437 g/mol. The molecule has 1 saturated heterocycles. The lowest BCUT2D eigenvalue weighted by atomic mass is 10.1. The van der Waals surface area contributed by atoms with Gasteiger partial charge in [-0.2, -0.15) is 0 Å². The number of halogens is 1. The summed E-state index contributed by atoms with van der Waals surface area (Å²) in [5, 5.41) is 3.36. The molecule has 1 aliphatic rings. The number of nitrogens with zero attached hydrogens (tertiary/aromatic N) is 3. The number of piperazine rings is 1. The Morgan fingerprint density at radius 1 is 1.06 bits per heavy atom. The number of H-pyrrole nitrogens is 1. The summed E-state index contributed by atoms with van der Waals surface area (Å²) in [6, 6.07) is 14.6. The zero-order valence-corrected chi connectivity index (χ0v) is 18.0. The summed E-state index contributed by atoms with van der Waals surface area (Å²) in [5.74, 6) is -0.116. The van der Waals surface area contributed by atoms with Crippen LogP contribution in [0.25, 0.3) is 11.4 Å². The van der Waals surface area contributed by atoms with Gasteiger partial charge in [0.1, 0.15) is 11.4 Å². The van der Waals surface area contributed by atoms with Gasteiger partial charge >= 0.3 is 0 Å². The highest BCUT2D eigenvalue weighted by Gasteiger charge is 2.15. The van der Waals surface area contributed by atoms with E-state index in [1.807, 2.05) is 24.3 Å². The summed E-state index contributed by atoms with van der Waals surface area (Å²) in [4.78, 5) is 36.6. The van der Waals surface area contributed by atoms with Gasteiger partial charge in [0, 0.05) is 55.2 Å². The average molecular weight is 438 g/mol. The molecule has 0 spiro atoms. The zero-order valence-electron chi connectivity index (χ0n) is 17.3. The SMILES string of the molecule is CN1CCN(Cc2ccc(NC(=O)c3cnc(-c4ccc(Cl)cc4)[nH]c3=O)cc2)CC1. The lowest BCUT2D eigenvalue weighted by Crippen LogP contribution is -2.43. The summed E-state index contributed by atoms with van der Waals surface area (Å²) in [6.45, 7) is 5.15. The van der Waals surface area contributed by atoms with Crippen LogP contribution in [0, 0.1) is 0 Å². The Labute approximate surface area is 185 Å². The third kappa shape index (κ3) is 5.38. The molecular formula is C23H24ClN5O2. The standard InChI is InChI=1S/C23H24ClN5O2/c1-28-10-12-29(13-11-28)15-16-2-8-19(9-3-16)26-22(30)20-14-25-21(27-23(20)31)17-4-6-18(24)7-5-17/h2-9,14H,10-13,15H2,1H3,(H,26,30)(H,25,27,31). The molecule has 4 rings (SSSR count). The highest BCUT2D eigenvalue weighted by atomic mass is 35.5. The maximum absolute atomic E-state index is 12.6. The summed E-state index contributed by atoms with van der Waals surface area (Å²) in [6.07, 6.45) is 1.29. The topological polar surface area (TPSA) is 81.3 Å². The van der Waals surface area contributed by atoms with Gasteiger partial charge < -0.3 is 15.2 Å². The number of carbonyl (C=O) groups is 1. The third-order valence-electron chi connectivity index (χ3n) is 5.38. The molecule has 160 valence electrons.